The van der Waals surface area contributed by atoms with Crippen molar-refractivity contribution in [1.82, 2.24) is 0 Å². The molecule has 0 aromatic rings. The summed E-state index contributed by atoms with van der Waals surface area (Å²) in [7, 11) is 0. The fourth-order valence-electron chi connectivity index (χ4n) is 1.61. The van der Waals surface area contributed by atoms with Crippen molar-refractivity contribution >= 4 is 35.4 Å². The fourth-order valence-corrected chi connectivity index (χ4v) is 1.61. The summed E-state index contributed by atoms with van der Waals surface area (Å²) in [4.78, 5) is 38.6. The number of aliphatic hydroxyl groups is 1. The van der Waals surface area contributed by atoms with Crippen molar-refractivity contribution < 1.29 is 14.7 Å². The van der Waals surface area contributed by atoms with Gasteiger partial charge in [-0.15, -0.1) is 0 Å². The molecule has 0 aromatic heterocycles. The lowest BCUT2D eigenvalue weighted by atomic mass is 10.0. The van der Waals surface area contributed by atoms with E-state index >= 15 is 0 Å². The fraction of sp³-hybridized carbons (Fsp3) is 0.400. The highest BCUT2D eigenvalue weighted by Crippen LogP contribution is 2.17. The molecule has 0 fully saturated rings. The number of aliphatic imine (C=N–C) groups is 4. The topological polar surface area (TPSA) is 182 Å². The number of hydrogen-bond acceptors (Lipinski definition) is 9. The van der Waals surface area contributed by atoms with E-state index in [1.807, 2.05) is 0 Å². The second-order valence-corrected chi connectivity index (χ2v) is 4.35. The van der Waals surface area contributed by atoms with Gasteiger partial charge in [-0.05, 0) is 6.92 Å². The molecule has 3 atom stereocenters. The average molecular weight is 279 g/mol. The van der Waals surface area contributed by atoms with Gasteiger partial charge in [0.2, 0.25) is 11.4 Å². The van der Waals surface area contributed by atoms with Gasteiger partial charge in [0.15, 0.2) is 11.7 Å². The van der Waals surface area contributed by atoms with E-state index in [0.717, 1.165) is 6.34 Å². The summed E-state index contributed by atoms with van der Waals surface area (Å²) in [5.74, 6) is -2.23. The lowest BCUT2D eigenvalue weighted by molar-refractivity contribution is -0.120. The smallest absolute Gasteiger partial charge is 0.266 e. The van der Waals surface area contributed by atoms with Crippen molar-refractivity contribution in [3.63, 3.8) is 0 Å². The molecule has 2 heterocycles. The molecule has 7 N–H and O–H groups in total. The minimum absolute atomic E-state index is 0.0255. The highest BCUT2D eigenvalue weighted by molar-refractivity contribution is 6.58. The van der Waals surface area contributed by atoms with Crippen LogP contribution in [0.25, 0.3) is 0 Å². The Morgan fingerprint density at radius 1 is 1.45 bits per heavy atom. The number of hydrogen-bond donors (Lipinski definition) is 4. The number of rotatable bonds is 4. The Morgan fingerprint density at radius 3 is 2.65 bits per heavy atom. The summed E-state index contributed by atoms with van der Waals surface area (Å²) in [5, 5.41) is 9.32. The van der Waals surface area contributed by atoms with Crippen molar-refractivity contribution in [2.75, 3.05) is 0 Å². The van der Waals surface area contributed by atoms with Gasteiger partial charge in [-0.3, -0.25) is 15.3 Å². The number of fused-ring (bicyclic) bond motifs is 1. The van der Waals surface area contributed by atoms with E-state index in [9.17, 15) is 14.7 Å². The number of aliphatic hydroxyl groups excluding tert-OH is 1. The molecule has 0 saturated heterocycles. The number of amidine groups is 2. The first-order valence-electron chi connectivity index (χ1n) is 5.63. The lowest BCUT2D eigenvalue weighted by Gasteiger charge is -2.25. The Kier molecular flexibility index (Phi) is 3.29. The maximum Gasteiger partial charge on any atom is 0.266 e. The quantitative estimate of drug-likeness (QED) is 0.419. The van der Waals surface area contributed by atoms with Crippen LogP contribution in [0.1, 0.15) is 6.92 Å². The van der Waals surface area contributed by atoms with Crippen LogP contribution in [0.3, 0.4) is 0 Å². The van der Waals surface area contributed by atoms with Crippen LogP contribution >= 0.6 is 0 Å². The van der Waals surface area contributed by atoms with Gasteiger partial charge in [-0.25, -0.2) is 20.0 Å². The summed E-state index contributed by atoms with van der Waals surface area (Å²) in [6, 6.07) is -1.25. The van der Waals surface area contributed by atoms with Crippen LogP contribution in [0.15, 0.2) is 20.0 Å². The maximum atomic E-state index is 12.0. The average Bonchev–Trinajstić information content (AvgIpc) is 2.85. The van der Waals surface area contributed by atoms with E-state index in [0.29, 0.717) is 0 Å². The van der Waals surface area contributed by atoms with E-state index in [2.05, 4.69) is 20.0 Å². The van der Waals surface area contributed by atoms with Gasteiger partial charge >= 0.3 is 0 Å². The first-order valence-corrected chi connectivity index (χ1v) is 5.63. The zero-order chi connectivity index (χ0) is 15.1. The van der Waals surface area contributed by atoms with Crippen LogP contribution in [0.4, 0.5) is 0 Å². The first kappa shape index (κ1) is 14.1. The van der Waals surface area contributed by atoms with Crippen molar-refractivity contribution in [2.24, 2.45) is 37.2 Å². The SMILES string of the molecule is C[C@@H](O)[C@H](N)C(=O)C1=NC(N)(C(N)=O)C2=NC=NC2=N1. The number of carbonyl (C=O) groups is 2. The molecule has 1 unspecified atom stereocenters. The molecule has 10 nitrogen and oxygen atoms in total. The molecule has 1 amide bonds. The standard InChI is InChI=1S/C10H13N7O3/c1-3(18)4(11)5(19)7-16-8-6(14-2-15-8)10(13,17-7)9(12)20/h2-4,18H,11,13H2,1H3,(H2,12,20)/t3-,4+,10?/m1/s1. The molecule has 2 aliphatic rings. The normalized spacial score (nSPS) is 27.1. The molecule has 2 aliphatic heterocycles. The molecule has 0 spiro atoms. The molecular weight excluding hydrogens is 266 g/mol. The zero-order valence-electron chi connectivity index (χ0n) is 10.5. The number of amides is 1. The Balaban J connectivity index is 2.47. The van der Waals surface area contributed by atoms with Crippen molar-refractivity contribution in [2.45, 2.75) is 24.7 Å². The predicted octanol–water partition coefficient (Wildman–Crippen LogP) is -3.30. The van der Waals surface area contributed by atoms with Gasteiger partial charge in [-0.1, -0.05) is 0 Å². The van der Waals surface area contributed by atoms with Crippen molar-refractivity contribution in [3.05, 3.63) is 0 Å². The summed E-state index contributed by atoms with van der Waals surface area (Å²) < 4.78 is 0. The van der Waals surface area contributed by atoms with Crippen molar-refractivity contribution in [3.8, 4) is 0 Å². The summed E-state index contributed by atoms with van der Waals surface area (Å²) in [6.45, 7) is 1.34. The zero-order valence-corrected chi connectivity index (χ0v) is 10.5. The molecule has 0 radical (unpaired) electrons. The van der Waals surface area contributed by atoms with E-state index in [1.54, 1.807) is 0 Å². The third kappa shape index (κ3) is 2.05. The molecule has 0 aliphatic carbocycles. The van der Waals surface area contributed by atoms with Crippen molar-refractivity contribution in [1.29, 1.82) is 0 Å². The van der Waals surface area contributed by atoms with Crippen LogP contribution < -0.4 is 17.2 Å². The van der Waals surface area contributed by atoms with Crippen LogP contribution in [0, 0.1) is 0 Å². The molecule has 2 rings (SSSR count). The Bertz CT molecular complexity index is 604. The molecule has 0 bridgehead atoms. The number of ketones is 1. The Labute approximate surface area is 113 Å². The largest absolute Gasteiger partial charge is 0.391 e. The summed E-state index contributed by atoms with van der Waals surface area (Å²) in [6.07, 6.45) is 0.00396. The monoisotopic (exact) mass is 279 g/mol. The van der Waals surface area contributed by atoms with Gasteiger partial charge in [-0.2, -0.15) is 0 Å². The Morgan fingerprint density at radius 2 is 2.10 bits per heavy atom. The first-order chi connectivity index (χ1) is 9.27. The number of Topliss-reactive ketones (excluding diaryl/α,β-unsaturated/α-hetero) is 1. The summed E-state index contributed by atoms with van der Waals surface area (Å²) >= 11 is 0. The minimum atomic E-state index is -2.03. The molecular formula is C10H13N7O3. The molecule has 0 saturated carbocycles. The minimum Gasteiger partial charge on any atom is -0.391 e. The van der Waals surface area contributed by atoms with Gasteiger partial charge in [0.1, 0.15) is 12.1 Å². The highest BCUT2D eigenvalue weighted by Gasteiger charge is 2.46. The molecule has 0 aromatic carbocycles. The lowest BCUT2D eigenvalue weighted by Crippen LogP contribution is -2.61. The second kappa shape index (κ2) is 4.67. The van der Waals surface area contributed by atoms with Gasteiger partial charge in [0.05, 0.1) is 12.1 Å². The van der Waals surface area contributed by atoms with Gasteiger partial charge in [0, 0.05) is 0 Å². The number of primary amides is 1. The molecule has 10 heteroatoms. The number of nitrogens with two attached hydrogens (primary N) is 3. The maximum absolute atomic E-state index is 12.0. The van der Waals surface area contributed by atoms with Crippen LogP contribution in [-0.4, -0.2) is 58.3 Å². The Hall–Kier alpha value is -2.30. The van der Waals surface area contributed by atoms with Gasteiger partial charge < -0.3 is 16.6 Å². The number of carbonyl (C=O) groups excluding carboxylic acids is 2. The van der Waals surface area contributed by atoms with Gasteiger partial charge in [0.25, 0.3) is 5.91 Å². The predicted molar refractivity (Wildman–Crippen MR) is 71.6 cm³/mol. The highest BCUT2D eigenvalue weighted by atomic mass is 16.3. The van der Waals surface area contributed by atoms with E-state index < -0.39 is 35.3 Å². The molecule has 20 heavy (non-hydrogen) atoms. The second-order valence-electron chi connectivity index (χ2n) is 4.35. The number of nitrogens with zero attached hydrogens (tertiary/aromatic N) is 4. The molecule has 106 valence electrons. The van der Waals surface area contributed by atoms with Crippen LogP contribution in [0.2, 0.25) is 0 Å². The van der Waals surface area contributed by atoms with E-state index in [-0.39, 0.29) is 11.5 Å². The third-order valence-electron chi connectivity index (χ3n) is 2.85. The van der Waals surface area contributed by atoms with Crippen LogP contribution in [-0.2, 0) is 9.59 Å². The van der Waals surface area contributed by atoms with E-state index in [4.69, 9.17) is 17.2 Å². The van der Waals surface area contributed by atoms with Crippen LogP contribution in [0.5, 0.6) is 0 Å². The third-order valence-corrected chi connectivity index (χ3v) is 2.85. The summed E-state index contributed by atoms with van der Waals surface area (Å²) in [5.41, 5.74) is 14.4. The van der Waals surface area contributed by atoms with E-state index in [1.165, 1.54) is 6.92 Å².